The number of hydrogen-bond donors (Lipinski definition) is 1. The summed E-state index contributed by atoms with van der Waals surface area (Å²) in [6.45, 7) is 0. The second-order valence-electron chi connectivity index (χ2n) is 3.63. The van der Waals surface area contributed by atoms with Crippen LogP contribution in [0.1, 0.15) is 5.56 Å². The number of benzene rings is 2. The summed E-state index contributed by atoms with van der Waals surface area (Å²) >= 11 is 23.7. The van der Waals surface area contributed by atoms with E-state index in [0.29, 0.717) is 31.3 Å². The monoisotopic (exact) mass is 332 g/mol. The van der Waals surface area contributed by atoms with Gasteiger partial charge in [0.15, 0.2) is 0 Å². The highest BCUT2D eigenvalue weighted by Gasteiger charge is 2.02. The van der Waals surface area contributed by atoms with E-state index in [9.17, 15) is 0 Å². The second kappa shape index (κ2) is 6.49. The van der Waals surface area contributed by atoms with Gasteiger partial charge in [0.05, 0.1) is 32.0 Å². The minimum atomic E-state index is 0.456. The van der Waals surface area contributed by atoms with Crippen LogP contribution in [0.5, 0.6) is 0 Å². The SMILES string of the molecule is Clc1ccc(N/N=C/c2c(Cl)cccc2Cl)cc1Cl. The van der Waals surface area contributed by atoms with Gasteiger partial charge in [-0.1, -0.05) is 52.5 Å². The summed E-state index contributed by atoms with van der Waals surface area (Å²) in [4.78, 5) is 0. The Morgan fingerprint density at radius 2 is 1.53 bits per heavy atom. The Bertz CT molecular complexity index is 606. The summed E-state index contributed by atoms with van der Waals surface area (Å²) in [6.07, 6.45) is 1.55. The molecule has 98 valence electrons. The maximum Gasteiger partial charge on any atom is 0.0613 e. The van der Waals surface area contributed by atoms with Crippen LogP contribution in [-0.2, 0) is 0 Å². The molecule has 0 aromatic heterocycles. The van der Waals surface area contributed by atoms with Crippen molar-refractivity contribution in [3.8, 4) is 0 Å². The quantitative estimate of drug-likeness (QED) is 0.561. The third-order valence-electron chi connectivity index (χ3n) is 2.31. The summed E-state index contributed by atoms with van der Waals surface area (Å²) in [5.74, 6) is 0. The number of nitrogens with one attached hydrogen (secondary N) is 1. The lowest BCUT2D eigenvalue weighted by Gasteiger charge is -2.03. The highest BCUT2D eigenvalue weighted by atomic mass is 35.5. The van der Waals surface area contributed by atoms with E-state index >= 15 is 0 Å². The maximum absolute atomic E-state index is 6.02. The Morgan fingerprint density at radius 3 is 2.16 bits per heavy atom. The lowest BCUT2D eigenvalue weighted by molar-refractivity contribution is 1.35. The molecule has 0 saturated heterocycles. The van der Waals surface area contributed by atoms with Gasteiger partial charge < -0.3 is 0 Å². The van der Waals surface area contributed by atoms with Gasteiger partial charge in [-0.3, -0.25) is 5.43 Å². The number of halogens is 4. The van der Waals surface area contributed by atoms with Gasteiger partial charge in [-0.25, -0.2) is 0 Å². The van der Waals surface area contributed by atoms with Crippen molar-refractivity contribution in [1.82, 2.24) is 0 Å². The molecule has 0 atom stereocenters. The van der Waals surface area contributed by atoms with Gasteiger partial charge in [-0.15, -0.1) is 0 Å². The molecule has 0 heterocycles. The van der Waals surface area contributed by atoms with Crippen LogP contribution in [0, 0.1) is 0 Å². The van der Waals surface area contributed by atoms with Crippen LogP contribution in [0.2, 0.25) is 20.1 Å². The van der Waals surface area contributed by atoms with Gasteiger partial charge in [0.25, 0.3) is 0 Å². The number of nitrogens with zero attached hydrogens (tertiary/aromatic N) is 1. The minimum absolute atomic E-state index is 0.456. The first-order valence-corrected chi connectivity index (χ1v) is 6.77. The van der Waals surface area contributed by atoms with Crippen LogP contribution in [0.4, 0.5) is 5.69 Å². The average Bonchev–Trinajstić information content (AvgIpc) is 2.37. The Kier molecular flexibility index (Phi) is 4.94. The topological polar surface area (TPSA) is 24.4 Å². The van der Waals surface area contributed by atoms with E-state index in [1.165, 1.54) is 0 Å². The van der Waals surface area contributed by atoms with E-state index < -0.39 is 0 Å². The highest BCUT2D eigenvalue weighted by Crippen LogP contribution is 2.25. The molecule has 0 radical (unpaired) electrons. The molecule has 0 aliphatic carbocycles. The van der Waals surface area contributed by atoms with Crippen molar-refractivity contribution in [3.05, 3.63) is 62.1 Å². The molecule has 0 aliphatic rings. The lowest BCUT2D eigenvalue weighted by atomic mass is 10.2. The zero-order chi connectivity index (χ0) is 13.8. The third-order valence-corrected chi connectivity index (χ3v) is 3.70. The number of rotatable bonds is 3. The summed E-state index contributed by atoms with van der Waals surface area (Å²) in [5, 5.41) is 6.07. The van der Waals surface area contributed by atoms with Gasteiger partial charge in [-0.05, 0) is 30.3 Å². The van der Waals surface area contributed by atoms with Gasteiger partial charge in [0.2, 0.25) is 0 Å². The zero-order valence-electron chi connectivity index (χ0n) is 9.50. The first-order valence-electron chi connectivity index (χ1n) is 5.26. The maximum atomic E-state index is 6.02. The number of hydrogen-bond acceptors (Lipinski definition) is 2. The van der Waals surface area contributed by atoms with E-state index in [4.69, 9.17) is 46.4 Å². The molecule has 0 bridgehead atoms. The van der Waals surface area contributed by atoms with Crippen molar-refractivity contribution in [2.75, 3.05) is 5.43 Å². The van der Waals surface area contributed by atoms with Crippen molar-refractivity contribution in [2.24, 2.45) is 5.10 Å². The zero-order valence-corrected chi connectivity index (χ0v) is 12.5. The Labute approximate surface area is 130 Å². The molecule has 0 aliphatic heterocycles. The molecule has 0 spiro atoms. The smallest absolute Gasteiger partial charge is 0.0613 e. The van der Waals surface area contributed by atoms with Gasteiger partial charge in [-0.2, -0.15) is 5.10 Å². The van der Waals surface area contributed by atoms with Crippen molar-refractivity contribution in [2.45, 2.75) is 0 Å². The fourth-order valence-electron chi connectivity index (χ4n) is 1.37. The fraction of sp³-hybridized carbons (Fsp3) is 0. The van der Waals surface area contributed by atoms with Crippen LogP contribution < -0.4 is 5.43 Å². The van der Waals surface area contributed by atoms with Crippen molar-refractivity contribution < 1.29 is 0 Å². The molecule has 19 heavy (non-hydrogen) atoms. The molecule has 2 nitrogen and oxygen atoms in total. The molecule has 2 rings (SSSR count). The van der Waals surface area contributed by atoms with E-state index in [2.05, 4.69) is 10.5 Å². The molecular weight excluding hydrogens is 326 g/mol. The minimum Gasteiger partial charge on any atom is -0.278 e. The first-order chi connectivity index (χ1) is 9.08. The number of anilines is 1. The third kappa shape index (κ3) is 3.77. The van der Waals surface area contributed by atoms with Gasteiger partial charge in [0.1, 0.15) is 0 Å². The molecule has 2 aromatic carbocycles. The molecule has 0 unspecified atom stereocenters. The van der Waals surface area contributed by atoms with Crippen LogP contribution >= 0.6 is 46.4 Å². The molecule has 2 aromatic rings. The van der Waals surface area contributed by atoms with Crippen LogP contribution in [0.15, 0.2) is 41.5 Å². The average molecular weight is 334 g/mol. The van der Waals surface area contributed by atoms with E-state index in [1.807, 2.05) is 0 Å². The highest BCUT2D eigenvalue weighted by molar-refractivity contribution is 6.42. The predicted octanol–water partition coefficient (Wildman–Crippen LogP) is 5.75. The Hall–Kier alpha value is -0.930. The molecule has 0 saturated carbocycles. The normalized spacial score (nSPS) is 10.9. The standard InChI is InChI=1S/C13H8Cl4N2/c14-10-2-1-3-11(15)9(10)7-18-19-8-4-5-12(16)13(17)6-8/h1-7,19H/b18-7+. The van der Waals surface area contributed by atoms with Crippen molar-refractivity contribution in [1.29, 1.82) is 0 Å². The van der Waals surface area contributed by atoms with Gasteiger partial charge in [0, 0.05) is 5.56 Å². The van der Waals surface area contributed by atoms with E-state index in [1.54, 1.807) is 42.6 Å². The van der Waals surface area contributed by atoms with Crippen LogP contribution in [-0.4, -0.2) is 6.21 Å². The van der Waals surface area contributed by atoms with E-state index in [0.717, 1.165) is 0 Å². The number of hydrazone groups is 1. The predicted molar refractivity (Wildman–Crippen MR) is 84.1 cm³/mol. The second-order valence-corrected chi connectivity index (χ2v) is 5.26. The van der Waals surface area contributed by atoms with Crippen molar-refractivity contribution in [3.63, 3.8) is 0 Å². The fourth-order valence-corrected chi connectivity index (χ4v) is 2.16. The van der Waals surface area contributed by atoms with Crippen molar-refractivity contribution >= 4 is 58.3 Å². The summed E-state index contributed by atoms with van der Waals surface area (Å²) in [6, 6.07) is 10.4. The molecule has 0 amide bonds. The molecule has 1 N–H and O–H groups in total. The molecule has 0 fully saturated rings. The summed E-state index contributed by atoms with van der Waals surface area (Å²) < 4.78 is 0. The summed E-state index contributed by atoms with van der Waals surface area (Å²) in [7, 11) is 0. The largest absolute Gasteiger partial charge is 0.278 e. The van der Waals surface area contributed by atoms with Crippen LogP contribution in [0.25, 0.3) is 0 Å². The Balaban J connectivity index is 2.13. The molecule has 6 heteroatoms. The Morgan fingerprint density at radius 1 is 0.842 bits per heavy atom. The summed E-state index contributed by atoms with van der Waals surface area (Å²) in [5.41, 5.74) is 4.19. The first kappa shape index (κ1) is 14.5. The molecular formula is C13H8Cl4N2. The lowest BCUT2D eigenvalue weighted by Crippen LogP contribution is -1.92. The van der Waals surface area contributed by atoms with E-state index in [-0.39, 0.29) is 0 Å². The van der Waals surface area contributed by atoms with Crippen LogP contribution in [0.3, 0.4) is 0 Å². The van der Waals surface area contributed by atoms with Gasteiger partial charge >= 0.3 is 0 Å².